The van der Waals surface area contributed by atoms with Gasteiger partial charge >= 0.3 is 0 Å². The summed E-state index contributed by atoms with van der Waals surface area (Å²) in [4.78, 5) is 4.33. The monoisotopic (exact) mass is 325 g/mol. The van der Waals surface area contributed by atoms with Gasteiger partial charge in [0.25, 0.3) is 0 Å². The Kier molecular flexibility index (Phi) is 6.01. The highest BCUT2D eigenvalue weighted by molar-refractivity contribution is 5.70. The Morgan fingerprint density at radius 3 is 2.58 bits per heavy atom. The number of aromatic nitrogens is 1. The van der Waals surface area contributed by atoms with Crippen molar-refractivity contribution in [3.8, 4) is 17.4 Å². The van der Waals surface area contributed by atoms with Crippen molar-refractivity contribution >= 4 is 12.2 Å². The Labute approximate surface area is 143 Å². The van der Waals surface area contributed by atoms with Crippen LogP contribution in [0.3, 0.4) is 0 Å². The van der Waals surface area contributed by atoms with Gasteiger partial charge in [-0.25, -0.2) is 4.98 Å². The molecule has 2 rings (SSSR count). The number of phenols is 1. The van der Waals surface area contributed by atoms with E-state index >= 15 is 0 Å². The molecule has 0 atom stereocenters. The Bertz CT molecular complexity index is 759. The molecule has 0 fully saturated rings. The van der Waals surface area contributed by atoms with Gasteiger partial charge in [-0.1, -0.05) is 23.8 Å². The van der Waals surface area contributed by atoms with Crippen LogP contribution in [0.1, 0.15) is 30.7 Å². The summed E-state index contributed by atoms with van der Waals surface area (Å²) >= 11 is 0. The van der Waals surface area contributed by atoms with Crippen molar-refractivity contribution < 1.29 is 14.6 Å². The summed E-state index contributed by atoms with van der Waals surface area (Å²) < 4.78 is 10.5. The molecule has 1 N–H and O–H groups in total. The van der Waals surface area contributed by atoms with E-state index in [1.807, 2.05) is 44.2 Å². The molecule has 0 spiro atoms. The average Bonchev–Trinajstić information content (AvgIpc) is 2.58. The number of allylic oxidation sites excluding steroid dienone is 2. The number of ether oxygens (including phenoxy) is 2. The van der Waals surface area contributed by atoms with Crippen molar-refractivity contribution in [1.29, 1.82) is 0 Å². The zero-order valence-corrected chi connectivity index (χ0v) is 14.5. The van der Waals surface area contributed by atoms with Crippen molar-refractivity contribution in [2.75, 3.05) is 14.2 Å². The summed E-state index contributed by atoms with van der Waals surface area (Å²) in [6.07, 6.45) is 6.45. The Hall–Kier alpha value is -2.75. The van der Waals surface area contributed by atoms with E-state index in [1.165, 1.54) is 5.57 Å². The van der Waals surface area contributed by atoms with Crippen LogP contribution in [0.2, 0.25) is 0 Å². The first-order chi connectivity index (χ1) is 11.5. The number of hydrogen-bond donors (Lipinski definition) is 1. The first kappa shape index (κ1) is 17.6. The molecule has 0 aliphatic carbocycles. The topological polar surface area (TPSA) is 51.6 Å². The summed E-state index contributed by atoms with van der Waals surface area (Å²) in [6.45, 7) is 4.06. The van der Waals surface area contributed by atoms with Gasteiger partial charge < -0.3 is 14.6 Å². The fourth-order valence-corrected chi connectivity index (χ4v) is 2.26. The second-order valence-corrected chi connectivity index (χ2v) is 5.64. The maximum absolute atomic E-state index is 10.3. The average molecular weight is 325 g/mol. The van der Waals surface area contributed by atoms with Crippen molar-refractivity contribution in [3.63, 3.8) is 0 Å². The van der Waals surface area contributed by atoms with Gasteiger partial charge in [-0.15, -0.1) is 0 Å². The van der Waals surface area contributed by atoms with Crippen LogP contribution in [-0.4, -0.2) is 24.3 Å². The van der Waals surface area contributed by atoms with Gasteiger partial charge in [-0.3, -0.25) is 0 Å². The summed E-state index contributed by atoms with van der Waals surface area (Å²) in [7, 11) is 3.20. The number of methoxy groups -OCH3 is 2. The van der Waals surface area contributed by atoms with E-state index in [0.29, 0.717) is 18.1 Å². The van der Waals surface area contributed by atoms with Crippen LogP contribution in [-0.2, 0) is 6.42 Å². The largest absolute Gasteiger partial charge is 0.507 e. The molecule has 0 radical (unpaired) electrons. The number of benzene rings is 1. The highest BCUT2D eigenvalue weighted by Crippen LogP contribution is 2.31. The van der Waals surface area contributed by atoms with Gasteiger partial charge in [0.1, 0.15) is 11.5 Å². The minimum Gasteiger partial charge on any atom is -0.507 e. The predicted octanol–water partition coefficient (Wildman–Crippen LogP) is 4.48. The molecule has 0 amide bonds. The van der Waals surface area contributed by atoms with Crippen molar-refractivity contribution in [3.05, 3.63) is 58.8 Å². The van der Waals surface area contributed by atoms with Crippen molar-refractivity contribution in [2.24, 2.45) is 0 Å². The number of pyridine rings is 1. The van der Waals surface area contributed by atoms with E-state index in [0.717, 1.165) is 16.8 Å². The van der Waals surface area contributed by atoms with Crippen LogP contribution in [0.5, 0.6) is 17.4 Å². The smallest absolute Gasteiger partial charge is 0.213 e. The summed E-state index contributed by atoms with van der Waals surface area (Å²) in [6, 6.07) is 9.20. The second kappa shape index (κ2) is 8.20. The molecule has 2 aromatic rings. The van der Waals surface area contributed by atoms with Gasteiger partial charge in [0.05, 0.1) is 19.9 Å². The van der Waals surface area contributed by atoms with Crippen LogP contribution in [0, 0.1) is 0 Å². The number of aromatic hydroxyl groups is 1. The zero-order valence-electron chi connectivity index (χ0n) is 14.5. The molecule has 1 aromatic heterocycles. The van der Waals surface area contributed by atoms with E-state index < -0.39 is 0 Å². The summed E-state index contributed by atoms with van der Waals surface area (Å²) in [5.74, 6) is 1.46. The molecule has 0 saturated carbocycles. The third kappa shape index (κ3) is 4.62. The lowest BCUT2D eigenvalue weighted by molar-refractivity contribution is 0.397. The number of nitrogens with zero attached hydrogens (tertiary/aromatic N) is 1. The Balaban J connectivity index is 2.29. The Morgan fingerprint density at radius 2 is 1.92 bits per heavy atom. The third-order valence-electron chi connectivity index (χ3n) is 3.54. The van der Waals surface area contributed by atoms with Gasteiger partial charge in [-0.2, -0.15) is 0 Å². The van der Waals surface area contributed by atoms with E-state index in [2.05, 4.69) is 11.1 Å². The molecular formula is C20H23NO3. The van der Waals surface area contributed by atoms with Crippen LogP contribution in [0.25, 0.3) is 12.2 Å². The lowest BCUT2D eigenvalue weighted by Gasteiger charge is -2.10. The molecule has 0 aliphatic rings. The van der Waals surface area contributed by atoms with Gasteiger partial charge in [-0.05, 0) is 50.1 Å². The minimum atomic E-state index is 0.227. The normalized spacial score (nSPS) is 10.7. The quantitative estimate of drug-likeness (QED) is 0.795. The molecule has 126 valence electrons. The van der Waals surface area contributed by atoms with E-state index in [4.69, 9.17) is 9.47 Å². The zero-order chi connectivity index (χ0) is 17.5. The number of phenolic OH excluding ortho intramolecular Hbond substituents is 1. The van der Waals surface area contributed by atoms with E-state index in [9.17, 15) is 5.11 Å². The highest BCUT2D eigenvalue weighted by Gasteiger charge is 2.09. The third-order valence-corrected chi connectivity index (χ3v) is 3.54. The summed E-state index contributed by atoms with van der Waals surface area (Å²) in [5.41, 5.74) is 3.61. The van der Waals surface area contributed by atoms with Gasteiger partial charge in [0, 0.05) is 11.6 Å². The fourth-order valence-electron chi connectivity index (χ4n) is 2.26. The molecule has 24 heavy (non-hydrogen) atoms. The predicted molar refractivity (Wildman–Crippen MR) is 97.5 cm³/mol. The molecule has 1 heterocycles. The standard InChI is InChI=1S/C20H23NO3/c1-14(2)8-11-17-18(22)12-15(13-19(17)23-3)9-10-16-6-5-7-20(21-16)24-4/h5-10,12-13,22H,11H2,1-4H3. The Morgan fingerprint density at radius 1 is 1.12 bits per heavy atom. The number of rotatable bonds is 6. The first-order valence-electron chi connectivity index (χ1n) is 7.76. The molecule has 4 heteroatoms. The lowest BCUT2D eigenvalue weighted by atomic mass is 10.0. The maximum atomic E-state index is 10.3. The van der Waals surface area contributed by atoms with E-state index in [-0.39, 0.29) is 5.75 Å². The molecule has 0 bridgehead atoms. The minimum absolute atomic E-state index is 0.227. The molecule has 0 aliphatic heterocycles. The maximum Gasteiger partial charge on any atom is 0.213 e. The van der Waals surface area contributed by atoms with Crippen LogP contribution in [0.4, 0.5) is 0 Å². The lowest BCUT2D eigenvalue weighted by Crippen LogP contribution is -1.93. The molecule has 0 saturated heterocycles. The SMILES string of the molecule is COc1cccc(C=Cc2cc(O)c(CC=C(C)C)c(OC)c2)n1. The molecule has 1 aromatic carbocycles. The highest BCUT2D eigenvalue weighted by atomic mass is 16.5. The van der Waals surface area contributed by atoms with Crippen molar-refractivity contribution in [2.45, 2.75) is 20.3 Å². The second-order valence-electron chi connectivity index (χ2n) is 5.64. The fraction of sp³-hybridized carbons (Fsp3) is 0.250. The van der Waals surface area contributed by atoms with E-state index in [1.54, 1.807) is 26.4 Å². The number of hydrogen-bond acceptors (Lipinski definition) is 4. The van der Waals surface area contributed by atoms with Gasteiger partial charge in [0.2, 0.25) is 5.88 Å². The molecule has 4 nitrogen and oxygen atoms in total. The molecule has 0 unspecified atom stereocenters. The van der Waals surface area contributed by atoms with Crippen LogP contribution >= 0.6 is 0 Å². The van der Waals surface area contributed by atoms with Crippen molar-refractivity contribution in [1.82, 2.24) is 4.98 Å². The summed E-state index contributed by atoms with van der Waals surface area (Å²) in [5, 5.41) is 10.3. The first-order valence-corrected chi connectivity index (χ1v) is 7.76. The molecular weight excluding hydrogens is 302 g/mol. The van der Waals surface area contributed by atoms with Crippen LogP contribution < -0.4 is 9.47 Å². The van der Waals surface area contributed by atoms with Crippen LogP contribution in [0.15, 0.2) is 42.0 Å². The van der Waals surface area contributed by atoms with Gasteiger partial charge in [0.15, 0.2) is 0 Å².